The number of aliphatic imine (C=N–C) groups is 1. The molecule has 0 spiro atoms. The molecule has 0 saturated carbocycles. The normalized spacial score (nSPS) is 13.2. The summed E-state index contributed by atoms with van der Waals surface area (Å²) < 4.78 is 0. The number of benzene rings is 1. The number of hydrogen-bond acceptors (Lipinski definition) is 2. The molecule has 0 bridgehead atoms. The van der Waals surface area contributed by atoms with Gasteiger partial charge in [0.1, 0.15) is 5.75 Å². The molecule has 0 aromatic heterocycles. The summed E-state index contributed by atoms with van der Waals surface area (Å²) in [6.07, 6.45) is 8.13. The number of rotatable bonds is 0. The predicted octanol–water partition coefficient (Wildman–Crippen LogP) is 2.76. The molecule has 68 valence electrons. The molecule has 2 heteroatoms. The first kappa shape index (κ1) is 9.52. The molecule has 0 atom stereocenters. The van der Waals surface area contributed by atoms with Crippen molar-refractivity contribution in [3.63, 3.8) is 0 Å². The number of para-hydroxylation sites is 1. The second-order valence-electron chi connectivity index (χ2n) is 2.63. The monoisotopic (exact) mass is 175 g/mol. The Bertz CT molecular complexity index is 265. The minimum absolute atomic E-state index is 0.322. The Morgan fingerprint density at radius 3 is 2.08 bits per heavy atom. The molecule has 13 heavy (non-hydrogen) atoms. The molecule has 1 aliphatic rings. The average Bonchev–Trinajstić information content (AvgIpc) is 2.22. The standard InChI is InChI=1S/C6H6O.C5H7N/c7-6-4-2-1-3-5-6;1-2-4-6-5-3-1/h1-5,7H;2,4-5H,1,3H2. The van der Waals surface area contributed by atoms with Gasteiger partial charge >= 0.3 is 0 Å². The predicted molar refractivity (Wildman–Crippen MR) is 55.0 cm³/mol. The van der Waals surface area contributed by atoms with E-state index in [2.05, 4.69) is 11.1 Å². The topological polar surface area (TPSA) is 32.6 Å². The number of aromatic hydroxyl groups is 1. The smallest absolute Gasteiger partial charge is 0.115 e. The van der Waals surface area contributed by atoms with Crippen molar-refractivity contribution in [2.45, 2.75) is 12.8 Å². The summed E-state index contributed by atoms with van der Waals surface area (Å²) in [7, 11) is 0. The quantitative estimate of drug-likeness (QED) is 0.646. The summed E-state index contributed by atoms with van der Waals surface area (Å²) in [5.74, 6) is 0.322. The number of phenols is 1. The lowest BCUT2D eigenvalue weighted by atomic mass is 10.3. The van der Waals surface area contributed by atoms with E-state index >= 15 is 0 Å². The van der Waals surface area contributed by atoms with E-state index in [4.69, 9.17) is 5.11 Å². The van der Waals surface area contributed by atoms with Gasteiger partial charge in [-0.25, -0.2) is 0 Å². The van der Waals surface area contributed by atoms with Crippen LogP contribution >= 0.6 is 0 Å². The van der Waals surface area contributed by atoms with Crippen LogP contribution in [0.15, 0.2) is 47.6 Å². The lowest BCUT2D eigenvalue weighted by Gasteiger charge is -1.87. The van der Waals surface area contributed by atoms with Crippen molar-refractivity contribution in [3.8, 4) is 5.75 Å². The van der Waals surface area contributed by atoms with Gasteiger partial charge in [-0.1, -0.05) is 24.3 Å². The number of phenolic OH excluding ortho intramolecular Hbond substituents is 1. The first-order valence-electron chi connectivity index (χ1n) is 4.30. The van der Waals surface area contributed by atoms with Crippen molar-refractivity contribution in [1.82, 2.24) is 0 Å². The van der Waals surface area contributed by atoms with E-state index in [1.165, 1.54) is 6.42 Å². The molecule has 1 heterocycles. The Labute approximate surface area is 78.3 Å². The molecule has 2 nitrogen and oxygen atoms in total. The minimum Gasteiger partial charge on any atom is -0.508 e. The van der Waals surface area contributed by atoms with E-state index in [0.29, 0.717) is 5.75 Å². The molecular formula is C11H13NO. The summed E-state index contributed by atoms with van der Waals surface area (Å²) >= 11 is 0. The summed E-state index contributed by atoms with van der Waals surface area (Å²) in [6.45, 7) is 0. The highest BCUT2D eigenvalue weighted by Gasteiger charge is 1.78. The van der Waals surface area contributed by atoms with Crippen LogP contribution in [0.5, 0.6) is 5.75 Å². The molecule has 1 aromatic carbocycles. The van der Waals surface area contributed by atoms with Crippen LogP contribution in [-0.4, -0.2) is 11.3 Å². The highest BCUT2D eigenvalue weighted by atomic mass is 16.3. The van der Waals surface area contributed by atoms with Crippen LogP contribution < -0.4 is 0 Å². The van der Waals surface area contributed by atoms with Crippen LogP contribution in [0.25, 0.3) is 0 Å². The third-order valence-electron chi connectivity index (χ3n) is 1.52. The van der Waals surface area contributed by atoms with E-state index in [1.807, 2.05) is 18.5 Å². The third-order valence-corrected chi connectivity index (χ3v) is 1.52. The molecule has 0 aliphatic carbocycles. The van der Waals surface area contributed by atoms with Gasteiger partial charge in [0, 0.05) is 12.4 Å². The molecule has 2 rings (SSSR count). The SMILES string of the molecule is C1=CN=CCC1.Oc1ccccc1. The van der Waals surface area contributed by atoms with Gasteiger partial charge in [-0.05, 0) is 25.0 Å². The Hall–Kier alpha value is -1.57. The summed E-state index contributed by atoms with van der Waals surface area (Å²) in [5.41, 5.74) is 0. The molecule has 1 aromatic rings. The van der Waals surface area contributed by atoms with Crippen molar-refractivity contribution in [1.29, 1.82) is 0 Å². The van der Waals surface area contributed by atoms with E-state index in [-0.39, 0.29) is 0 Å². The number of nitrogens with zero attached hydrogens (tertiary/aromatic N) is 1. The fourth-order valence-corrected chi connectivity index (χ4v) is 0.870. The highest BCUT2D eigenvalue weighted by molar-refractivity contribution is 5.59. The molecule has 0 radical (unpaired) electrons. The Kier molecular flexibility index (Phi) is 4.39. The van der Waals surface area contributed by atoms with Crippen molar-refractivity contribution in [3.05, 3.63) is 42.6 Å². The van der Waals surface area contributed by atoms with E-state index in [9.17, 15) is 0 Å². The highest BCUT2D eigenvalue weighted by Crippen LogP contribution is 2.02. The van der Waals surface area contributed by atoms with Crippen LogP contribution in [0.3, 0.4) is 0 Å². The zero-order valence-electron chi connectivity index (χ0n) is 7.43. The number of allylic oxidation sites excluding steroid dienone is 1. The lowest BCUT2D eigenvalue weighted by molar-refractivity contribution is 0.475. The second kappa shape index (κ2) is 6.00. The largest absolute Gasteiger partial charge is 0.508 e. The molecule has 0 unspecified atom stereocenters. The molecule has 0 saturated heterocycles. The van der Waals surface area contributed by atoms with Gasteiger partial charge < -0.3 is 5.11 Å². The Morgan fingerprint density at radius 1 is 1.08 bits per heavy atom. The van der Waals surface area contributed by atoms with Crippen molar-refractivity contribution >= 4 is 6.21 Å². The van der Waals surface area contributed by atoms with Gasteiger partial charge in [-0.15, -0.1) is 0 Å². The Balaban J connectivity index is 0.000000132. The fraction of sp³-hybridized carbons (Fsp3) is 0.182. The second-order valence-corrected chi connectivity index (χ2v) is 2.63. The van der Waals surface area contributed by atoms with Gasteiger partial charge in [0.2, 0.25) is 0 Å². The fourth-order valence-electron chi connectivity index (χ4n) is 0.870. The van der Waals surface area contributed by atoms with Gasteiger partial charge in [-0.2, -0.15) is 0 Å². The van der Waals surface area contributed by atoms with Gasteiger partial charge in [0.15, 0.2) is 0 Å². The van der Waals surface area contributed by atoms with E-state index < -0.39 is 0 Å². The zero-order valence-corrected chi connectivity index (χ0v) is 7.43. The third kappa shape index (κ3) is 4.80. The average molecular weight is 175 g/mol. The van der Waals surface area contributed by atoms with Crippen LogP contribution in [0, 0.1) is 0 Å². The van der Waals surface area contributed by atoms with E-state index in [1.54, 1.807) is 24.3 Å². The summed E-state index contributed by atoms with van der Waals surface area (Å²) in [5, 5.41) is 8.63. The van der Waals surface area contributed by atoms with Gasteiger partial charge in [0.25, 0.3) is 0 Å². The Morgan fingerprint density at radius 2 is 1.85 bits per heavy atom. The van der Waals surface area contributed by atoms with Gasteiger partial charge in [-0.3, -0.25) is 4.99 Å². The van der Waals surface area contributed by atoms with Crippen molar-refractivity contribution in [2.75, 3.05) is 0 Å². The first-order valence-corrected chi connectivity index (χ1v) is 4.30. The molecule has 1 N–H and O–H groups in total. The van der Waals surface area contributed by atoms with E-state index in [0.717, 1.165) is 6.42 Å². The zero-order chi connectivity index (χ0) is 9.36. The number of hydrogen-bond donors (Lipinski definition) is 1. The lowest BCUT2D eigenvalue weighted by Crippen LogP contribution is -1.75. The van der Waals surface area contributed by atoms with Crippen molar-refractivity contribution in [2.24, 2.45) is 4.99 Å². The maximum atomic E-state index is 8.63. The van der Waals surface area contributed by atoms with Crippen LogP contribution in [0.2, 0.25) is 0 Å². The molecule has 1 aliphatic heterocycles. The van der Waals surface area contributed by atoms with Crippen LogP contribution in [0.1, 0.15) is 12.8 Å². The molecular weight excluding hydrogens is 162 g/mol. The maximum Gasteiger partial charge on any atom is 0.115 e. The van der Waals surface area contributed by atoms with Crippen LogP contribution in [-0.2, 0) is 0 Å². The maximum absolute atomic E-state index is 8.63. The molecule has 0 amide bonds. The minimum atomic E-state index is 0.322. The first-order chi connectivity index (χ1) is 6.39. The van der Waals surface area contributed by atoms with Crippen molar-refractivity contribution < 1.29 is 5.11 Å². The summed E-state index contributed by atoms with van der Waals surface area (Å²) in [6, 6.07) is 8.71. The van der Waals surface area contributed by atoms with Crippen LogP contribution in [0.4, 0.5) is 0 Å². The summed E-state index contributed by atoms with van der Waals surface area (Å²) in [4.78, 5) is 3.87. The van der Waals surface area contributed by atoms with Gasteiger partial charge in [0.05, 0.1) is 0 Å². The molecule has 0 fully saturated rings.